The lowest BCUT2D eigenvalue weighted by atomic mass is 9.80. The molecule has 1 aliphatic heterocycles. The Morgan fingerprint density at radius 2 is 2.12 bits per heavy atom. The maximum atomic E-state index is 12.6. The van der Waals surface area contributed by atoms with E-state index < -0.39 is 0 Å². The van der Waals surface area contributed by atoms with Gasteiger partial charge in [0.1, 0.15) is 0 Å². The summed E-state index contributed by atoms with van der Waals surface area (Å²) in [6, 6.07) is 0.442. The van der Waals surface area contributed by atoms with Gasteiger partial charge in [-0.05, 0) is 32.7 Å². The van der Waals surface area contributed by atoms with Crippen molar-refractivity contribution in [3.63, 3.8) is 0 Å². The van der Waals surface area contributed by atoms with Crippen LogP contribution in [0.15, 0.2) is 0 Å². The van der Waals surface area contributed by atoms with Gasteiger partial charge in [-0.25, -0.2) is 0 Å². The molecule has 1 amide bonds. The summed E-state index contributed by atoms with van der Waals surface area (Å²) in [6.45, 7) is 6.30. The monoisotopic (exact) mass is 241 g/mol. The van der Waals surface area contributed by atoms with Gasteiger partial charge < -0.3 is 16.0 Å². The van der Waals surface area contributed by atoms with E-state index in [-0.39, 0.29) is 11.3 Å². The molecule has 1 rings (SSSR count). The van der Waals surface area contributed by atoms with Crippen molar-refractivity contribution in [1.29, 1.82) is 0 Å². The molecule has 1 atom stereocenters. The first-order valence-corrected chi connectivity index (χ1v) is 6.80. The Morgan fingerprint density at radius 3 is 2.59 bits per heavy atom. The van der Waals surface area contributed by atoms with E-state index in [1.54, 1.807) is 0 Å². The second kappa shape index (κ2) is 6.36. The van der Waals surface area contributed by atoms with E-state index >= 15 is 0 Å². The summed E-state index contributed by atoms with van der Waals surface area (Å²) < 4.78 is 0. The Bertz CT molecular complexity index is 243. The number of nitrogens with one attached hydrogen (secondary N) is 1. The fourth-order valence-electron chi connectivity index (χ4n) is 2.66. The maximum Gasteiger partial charge on any atom is 0.230 e. The number of hydrogen-bond acceptors (Lipinski definition) is 3. The van der Waals surface area contributed by atoms with Crippen LogP contribution in [0.4, 0.5) is 0 Å². The van der Waals surface area contributed by atoms with Gasteiger partial charge in [0.2, 0.25) is 5.91 Å². The molecule has 17 heavy (non-hydrogen) atoms. The quantitative estimate of drug-likeness (QED) is 0.754. The topological polar surface area (TPSA) is 58.4 Å². The van der Waals surface area contributed by atoms with Crippen LogP contribution in [0.25, 0.3) is 0 Å². The molecule has 1 saturated heterocycles. The Hall–Kier alpha value is -0.610. The summed E-state index contributed by atoms with van der Waals surface area (Å²) in [5.41, 5.74) is 5.50. The second-order valence-electron chi connectivity index (χ2n) is 5.07. The fourth-order valence-corrected chi connectivity index (χ4v) is 2.66. The molecule has 0 saturated carbocycles. The SMILES string of the molecule is CCC(CC)(CN)C(=O)N1CCCC(NC)C1. The van der Waals surface area contributed by atoms with E-state index in [2.05, 4.69) is 19.2 Å². The summed E-state index contributed by atoms with van der Waals surface area (Å²) in [7, 11) is 1.97. The van der Waals surface area contributed by atoms with Crippen LogP contribution in [-0.2, 0) is 4.79 Å². The summed E-state index contributed by atoms with van der Waals surface area (Å²) >= 11 is 0. The Balaban J connectivity index is 2.73. The molecule has 1 heterocycles. The van der Waals surface area contributed by atoms with Crippen molar-refractivity contribution in [1.82, 2.24) is 10.2 Å². The van der Waals surface area contributed by atoms with Crippen LogP contribution in [0.1, 0.15) is 39.5 Å². The highest BCUT2D eigenvalue weighted by atomic mass is 16.2. The molecule has 1 unspecified atom stereocenters. The number of nitrogens with zero attached hydrogens (tertiary/aromatic N) is 1. The predicted octanol–water partition coefficient (Wildman–Crippen LogP) is 0.962. The smallest absolute Gasteiger partial charge is 0.230 e. The molecule has 0 aromatic rings. The molecule has 1 aliphatic rings. The van der Waals surface area contributed by atoms with E-state index in [1.165, 1.54) is 0 Å². The third kappa shape index (κ3) is 2.99. The van der Waals surface area contributed by atoms with E-state index in [4.69, 9.17) is 5.73 Å². The molecule has 0 spiro atoms. The first-order chi connectivity index (χ1) is 8.13. The van der Waals surface area contributed by atoms with Gasteiger partial charge in [0.25, 0.3) is 0 Å². The van der Waals surface area contributed by atoms with Crippen LogP contribution in [0.5, 0.6) is 0 Å². The normalized spacial score (nSPS) is 21.6. The van der Waals surface area contributed by atoms with Crippen LogP contribution < -0.4 is 11.1 Å². The Morgan fingerprint density at radius 1 is 1.47 bits per heavy atom. The second-order valence-corrected chi connectivity index (χ2v) is 5.07. The minimum atomic E-state index is -0.338. The van der Waals surface area contributed by atoms with Crippen LogP contribution in [-0.4, -0.2) is 43.5 Å². The standard InChI is InChI=1S/C13H27N3O/c1-4-13(5-2,10-14)12(17)16-8-6-7-11(9-16)15-3/h11,15H,4-10,14H2,1-3H3. The fraction of sp³-hybridized carbons (Fsp3) is 0.923. The molecule has 4 heteroatoms. The number of likely N-dealkylation sites (tertiary alicyclic amines) is 1. The van der Waals surface area contributed by atoms with E-state index in [9.17, 15) is 4.79 Å². The van der Waals surface area contributed by atoms with Gasteiger partial charge in [0.05, 0.1) is 5.41 Å². The largest absolute Gasteiger partial charge is 0.341 e. The first kappa shape index (κ1) is 14.5. The van der Waals surface area contributed by atoms with Crippen molar-refractivity contribution in [2.75, 3.05) is 26.7 Å². The van der Waals surface area contributed by atoms with E-state index in [0.717, 1.165) is 38.8 Å². The predicted molar refractivity (Wildman–Crippen MR) is 70.7 cm³/mol. The number of rotatable bonds is 5. The highest BCUT2D eigenvalue weighted by Gasteiger charge is 2.38. The maximum absolute atomic E-state index is 12.6. The van der Waals surface area contributed by atoms with Gasteiger partial charge in [-0.2, -0.15) is 0 Å². The summed E-state index contributed by atoms with van der Waals surface area (Å²) in [5.74, 6) is 0.255. The minimum absolute atomic E-state index is 0.255. The number of carbonyl (C=O) groups excluding carboxylic acids is 1. The number of carbonyl (C=O) groups is 1. The molecule has 0 aromatic carbocycles. The van der Waals surface area contributed by atoms with Crippen LogP contribution in [0.3, 0.4) is 0 Å². The molecule has 3 N–H and O–H groups in total. The molecule has 100 valence electrons. The number of likely N-dealkylation sites (N-methyl/N-ethyl adjacent to an activating group) is 1. The van der Waals surface area contributed by atoms with Crippen LogP contribution in [0, 0.1) is 5.41 Å². The number of hydrogen-bond donors (Lipinski definition) is 2. The molecular formula is C13H27N3O. The van der Waals surface area contributed by atoms with Crippen molar-refractivity contribution in [3.8, 4) is 0 Å². The first-order valence-electron chi connectivity index (χ1n) is 6.80. The summed E-state index contributed by atoms with van der Waals surface area (Å²) in [5, 5.41) is 3.27. The molecule has 1 fully saturated rings. The zero-order chi connectivity index (χ0) is 12.9. The highest BCUT2D eigenvalue weighted by molar-refractivity contribution is 5.83. The molecule has 0 bridgehead atoms. The number of amides is 1. The summed E-state index contributed by atoms with van der Waals surface area (Å²) in [4.78, 5) is 14.6. The van der Waals surface area contributed by atoms with Crippen molar-refractivity contribution in [2.24, 2.45) is 11.1 Å². The van der Waals surface area contributed by atoms with Gasteiger partial charge in [-0.3, -0.25) is 4.79 Å². The van der Waals surface area contributed by atoms with E-state index in [1.807, 2.05) is 11.9 Å². The van der Waals surface area contributed by atoms with E-state index in [0.29, 0.717) is 12.6 Å². The average molecular weight is 241 g/mol. The average Bonchev–Trinajstić information content (AvgIpc) is 2.41. The van der Waals surface area contributed by atoms with Crippen LogP contribution in [0.2, 0.25) is 0 Å². The van der Waals surface area contributed by atoms with Gasteiger partial charge in [0.15, 0.2) is 0 Å². The molecule has 0 aliphatic carbocycles. The summed E-state index contributed by atoms with van der Waals surface area (Å²) in [6.07, 6.45) is 3.92. The lowest BCUT2D eigenvalue weighted by molar-refractivity contribution is -0.143. The van der Waals surface area contributed by atoms with Crippen molar-refractivity contribution >= 4 is 5.91 Å². The van der Waals surface area contributed by atoms with Crippen LogP contribution >= 0.6 is 0 Å². The zero-order valence-corrected chi connectivity index (χ0v) is 11.5. The van der Waals surface area contributed by atoms with Gasteiger partial charge in [-0.15, -0.1) is 0 Å². The third-order valence-corrected chi connectivity index (χ3v) is 4.31. The minimum Gasteiger partial charge on any atom is -0.341 e. The Labute approximate surface area is 105 Å². The number of nitrogens with two attached hydrogens (primary N) is 1. The Kier molecular flexibility index (Phi) is 5.40. The van der Waals surface area contributed by atoms with Gasteiger partial charge >= 0.3 is 0 Å². The third-order valence-electron chi connectivity index (χ3n) is 4.31. The zero-order valence-electron chi connectivity index (χ0n) is 11.5. The number of piperidine rings is 1. The van der Waals surface area contributed by atoms with Crippen molar-refractivity contribution < 1.29 is 4.79 Å². The van der Waals surface area contributed by atoms with Crippen molar-refractivity contribution in [2.45, 2.75) is 45.6 Å². The highest BCUT2D eigenvalue weighted by Crippen LogP contribution is 2.29. The van der Waals surface area contributed by atoms with Gasteiger partial charge in [-0.1, -0.05) is 13.8 Å². The lowest BCUT2D eigenvalue weighted by Crippen LogP contribution is -2.53. The lowest BCUT2D eigenvalue weighted by Gasteiger charge is -2.39. The molecular weight excluding hydrogens is 214 g/mol. The molecule has 4 nitrogen and oxygen atoms in total. The molecule has 0 aromatic heterocycles. The van der Waals surface area contributed by atoms with Gasteiger partial charge in [0, 0.05) is 25.7 Å². The van der Waals surface area contributed by atoms with Crippen molar-refractivity contribution in [3.05, 3.63) is 0 Å². The molecule has 0 radical (unpaired) electrons.